The molecule has 138 valence electrons. The van der Waals surface area contributed by atoms with Crippen LogP contribution >= 0.6 is 0 Å². The third-order valence-corrected chi connectivity index (χ3v) is 3.72. The number of nitrogens with one attached hydrogen (secondary N) is 2. The van der Waals surface area contributed by atoms with Crippen molar-refractivity contribution in [2.45, 2.75) is 12.8 Å². The van der Waals surface area contributed by atoms with Crippen molar-refractivity contribution in [3.05, 3.63) is 70.5 Å². The molecule has 7 nitrogen and oxygen atoms in total. The Labute approximate surface area is 153 Å². The van der Waals surface area contributed by atoms with Gasteiger partial charge >= 0.3 is 5.97 Å². The number of para-hydroxylation sites is 1. The van der Waals surface area contributed by atoms with Gasteiger partial charge in [0.05, 0.1) is 17.3 Å². The fraction of sp³-hybridized carbons (Fsp3) is 0.158. The third kappa shape index (κ3) is 4.97. The predicted octanol–water partition coefficient (Wildman–Crippen LogP) is 2.18. The Morgan fingerprint density at radius 2 is 1.85 bits per heavy atom. The molecule has 0 spiro atoms. The number of carbonyl (C=O) groups excluding carboxylic acids is 2. The lowest BCUT2D eigenvalue weighted by Crippen LogP contribution is -2.21. The maximum Gasteiger partial charge on any atom is 0.306 e. The first-order valence-corrected chi connectivity index (χ1v) is 8.20. The molecule has 0 aliphatic rings. The van der Waals surface area contributed by atoms with Crippen LogP contribution in [0.4, 0.5) is 10.1 Å². The zero-order chi connectivity index (χ0) is 19.2. The van der Waals surface area contributed by atoms with Crippen LogP contribution in [0.5, 0.6) is 0 Å². The van der Waals surface area contributed by atoms with E-state index in [4.69, 9.17) is 4.74 Å². The van der Waals surface area contributed by atoms with Gasteiger partial charge < -0.3 is 15.0 Å². The van der Waals surface area contributed by atoms with Crippen molar-refractivity contribution < 1.29 is 18.7 Å². The average molecular weight is 369 g/mol. The lowest BCUT2D eigenvalue weighted by molar-refractivity contribution is -0.147. The topological polar surface area (TPSA) is 101 Å². The molecule has 0 bridgehead atoms. The van der Waals surface area contributed by atoms with E-state index < -0.39 is 24.3 Å². The number of carbonyl (C=O) groups is 2. The molecule has 0 atom stereocenters. The molecule has 0 fully saturated rings. The van der Waals surface area contributed by atoms with Gasteiger partial charge in [-0.3, -0.25) is 14.4 Å². The second-order valence-corrected chi connectivity index (χ2v) is 5.75. The van der Waals surface area contributed by atoms with Crippen molar-refractivity contribution in [1.29, 1.82) is 0 Å². The molecule has 27 heavy (non-hydrogen) atoms. The van der Waals surface area contributed by atoms with Crippen LogP contribution in [0.25, 0.3) is 10.9 Å². The normalized spacial score (nSPS) is 10.6. The summed E-state index contributed by atoms with van der Waals surface area (Å²) in [5.74, 6) is -1.18. The van der Waals surface area contributed by atoms with Crippen LogP contribution in [0.15, 0.2) is 53.3 Å². The van der Waals surface area contributed by atoms with E-state index >= 15 is 0 Å². The van der Waals surface area contributed by atoms with E-state index in [1.807, 2.05) is 0 Å². The maximum absolute atomic E-state index is 12.8. The second kappa shape index (κ2) is 8.22. The Morgan fingerprint density at radius 3 is 2.63 bits per heavy atom. The molecule has 1 aromatic heterocycles. The van der Waals surface area contributed by atoms with Crippen molar-refractivity contribution in [2.24, 2.45) is 0 Å². The van der Waals surface area contributed by atoms with Gasteiger partial charge in [0.25, 0.3) is 11.5 Å². The standard InChI is InChI=1S/C19H16FN3O4/c20-12-5-7-13(8-6-12)21-17(24)11-27-18(25)10-9-16-22-15-4-2-1-3-14(15)19(26)23-16/h1-8H,9-11H2,(H,21,24)(H,22,23,26). The average Bonchev–Trinajstić information content (AvgIpc) is 2.66. The summed E-state index contributed by atoms with van der Waals surface area (Å²) >= 11 is 0. The van der Waals surface area contributed by atoms with E-state index in [9.17, 15) is 18.8 Å². The number of amides is 1. The number of hydrogen-bond acceptors (Lipinski definition) is 5. The molecule has 0 radical (unpaired) electrons. The van der Waals surface area contributed by atoms with Gasteiger partial charge in [0, 0.05) is 12.1 Å². The summed E-state index contributed by atoms with van der Waals surface area (Å²) in [6.07, 6.45) is 0.142. The molecule has 3 aromatic rings. The second-order valence-electron chi connectivity index (χ2n) is 5.75. The Balaban J connectivity index is 1.49. The quantitative estimate of drug-likeness (QED) is 0.649. The molecule has 0 saturated carbocycles. The van der Waals surface area contributed by atoms with Crippen LogP contribution in [-0.4, -0.2) is 28.5 Å². The van der Waals surface area contributed by atoms with Crippen molar-refractivity contribution in [1.82, 2.24) is 9.97 Å². The minimum atomic E-state index is -0.597. The van der Waals surface area contributed by atoms with Gasteiger partial charge in [0.2, 0.25) is 0 Å². The van der Waals surface area contributed by atoms with Gasteiger partial charge in [-0.2, -0.15) is 0 Å². The number of aryl methyl sites for hydroxylation is 1. The number of esters is 1. The third-order valence-electron chi connectivity index (χ3n) is 3.72. The highest BCUT2D eigenvalue weighted by Gasteiger charge is 2.10. The zero-order valence-corrected chi connectivity index (χ0v) is 14.2. The van der Waals surface area contributed by atoms with Crippen molar-refractivity contribution in [3.8, 4) is 0 Å². The molecule has 0 aliphatic heterocycles. The zero-order valence-electron chi connectivity index (χ0n) is 14.2. The lowest BCUT2D eigenvalue weighted by atomic mass is 10.2. The fourth-order valence-corrected chi connectivity index (χ4v) is 2.42. The minimum absolute atomic E-state index is 0.0366. The van der Waals surface area contributed by atoms with Crippen LogP contribution in [0, 0.1) is 5.82 Å². The summed E-state index contributed by atoms with van der Waals surface area (Å²) in [5.41, 5.74) is 0.668. The van der Waals surface area contributed by atoms with Crippen LogP contribution in [-0.2, 0) is 20.7 Å². The first-order chi connectivity index (χ1) is 13.0. The van der Waals surface area contributed by atoms with Gasteiger partial charge in [-0.15, -0.1) is 0 Å². The van der Waals surface area contributed by atoms with Crippen LogP contribution in [0.1, 0.15) is 12.2 Å². The molecule has 8 heteroatoms. The molecule has 1 amide bonds. The van der Waals surface area contributed by atoms with Crippen molar-refractivity contribution >= 4 is 28.5 Å². The van der Waals surface area contributed by atoms with E-state index in [1.165, 1.54) is 24.3 Å². The number of aromatic amines is 1. The Morgan fingerprint density at radius 1 is 1.11 bits per heavy atom. The van der Waals surface area contributed by atoms with E-state index in [-0.39, 0.29) is 18.4 Å². The number of halogens is 1. The van der Waals surface area contributed by atoms with Gasteiger partial charge in [0.15, 0.2) is 6.61 Å². The Hall–Kier alpha value is -3.55. The molecule has 0 aliphatic carbocycles. The molecule has 2 aromatic carbocycles. The number of anilines is 1. The SMILES string of the molecule is O=C(COC(=O)CCc1nc2ccccc2c(=O)[nH]1)Nc1ccc(F)cc1. The van der Waals surface area contributed by atoms with Crippen LogP contribution < -0.4 is 10.9 Å². The molecular formula is C19H16FN3O4. The largest absolute Gasteiger partial charge is 0.456 e. The van der Waals surface area contributed by atoms with Gasteiger partial charge in [0.1, 0.15) is 11.6 Å². The number of benzene rings is 2. The number of aromatic nitrogens is 2. The first kappa shape index (κ1) is 18.2. The Bertz CT molecular complexity index is 1030. The monoisotopic (exact) mass is 369 g/mol. The molecular weight excluding hydrogens is 353 g/mol. The molecule has 3 rings (SSSR count). The summed E-state index contributed by atoms with van der Waals surface area (Å²) in [5, 5.41) is 2.96. The Kier molecular flexibility index (Phi) is 5.55. The number of ether oxygens (including phenoxy) is 1. The summed E-state index contributed by atoms with van der Waals surface area (Å²) in [6.45, 7) is -0.460. The smallest absolute Gasteiger partial charge is 0.306 e. The van der Waals surface area contributed by atoms with E-state index in [0.29, 0.717) is 22.4 Å². The summed E-state index contributed by atoms with van der Waals surface area (Å²) in [4.78, 5) is 42.4. The molecule has 0 unspecified atom stereocenters. The number of nitrogens with zero attached hydrogens (tertiary/aromatic N) is 1. The van der Waals surface area contributed by atoms with Gasteiger partial charge in [-0.1, -0.05) is 12.1 Å². The number of rotatable bonds is 6. The predicted molar refractivity (Wildman–Crippen MR) is 96.7 cm³/mol. The van der Waals surface area contributed by atoms with Gasteiger partial charge in [-0.25, -0.2) is 9.37 Å². The molecule has 2 N–H and O–H groups in total. The van der Waals surface area contributed by atoms with E-state index in [1.54, 1.807) is 24.3 Å². The van der Waals surface area contributed by atoms with E-state index in [0.717, 1.165) is 0 Å². The number of fused-ring (bicyclic) bond motifs is 1. The maximum atomic E-state index is 12.8. The molecule has 0 saturated heterocycles. The lowest BCUT2D eigenvalue weighted by Gasteiger charge is -2.07. The highest BCUT2D eigenvalue weighted by atomic mass is 19.1. The van der Waals surface area contributed by atoms with Gasteiger partial charge in [-0.05, 0) is 36.4 Å². The summed E-state index contributed by atoms with van der Waals surface area (Å²) < 4.78 is 17.7. The molecule has 1 heterocycles. The highest BCUT2D eigenvalue weighted by Crippen LogP contribution is 2.09. The first-order valence-electron chi connectivity index (χ1n) is 8.20. The van der Waals surface area contributed by atoms with Crippen LogP contribution in [0.2, 0.25) is 0 Å². The van der Waals surface area contributed by atoms with Crippen molar-refractivity contribution in [3.63, 3.8) is 0 Å². The number of H-pyrrole nitrogens is 1. The number of hydrogen-bond donors (Lipinski definition) is 2. The summed E-state index contributed by atoms with van der Waals surface area (Å²) in [7, 11) is 0. The summed E-state index contributed by atoms with van der Waals surface area (Å²) in [6, 6.07) is 12.1. The van der Waals surface area contributed by atoms with Crippen molar-refractivity contribution in [2.75, 3.05) is 11.9 Å². The van der Waals surface area contributed by atoms with E-state index in [2.05, 4.69) is 15.3 Å². The highest BCUT2D eigenvalue weighted by molar-refractivity contribution is 5.92. The minimum Gasteiger partial charge on any atom is -0.456 e. The van der Waals surface area contributed by atoms with Crippen LogP contribution in [0.3, 0.4) is 0 Å². The fourth-order valence-electron chi connectivity index (χ4n) is 2.42.